The SMILES string of the molecule is O=[Se](=O)([O-])[O-].[Po]. The van der Waals surface area contributed by atoms with Gasteiger partial charge in [0, 0.05) is 26.6 Å². The van der Waals surface area contributed by atoms with Gasteiger partial charge in [0.25, 0.3) is 0 Å². The van der Waals surface area contributed by atoms with Crippen molar-refractivity contribution in [3.63, 3.8) is 0 Å². The Morgan fingerprint density at radius 1 is 1.17 bits per heavy atom. The fraction of sp³-hybridized carbons (Fsp3) is 0. The van der Waals surface area contributed by atoms with Gasteiger partial charge in [-0.3, -0.25) is 0 Å². The minimum Gasteiger partial charge on any atom is 0 e. The minimum absolute atomic E-state index is 0. The van der Waals surface area contributed by atoms with E-state index in [9.17, 15) is 0 Å². The molecule has 0 fully saturated rings. The standard InChI is InChI=1S/H2O4Se.Po/c1-5(2,3)4;/h(H2,1,2,3,4);/p-2. The van der Waals surface area contributed by atoms with Crippen molar-refractivity contribution < 1.29 is 16.0 Å². The van der Waals surface area contributed by atoms with Crippen LogP contribution in [-0.4, -0.2) is 39.9 Å². The van der Waals surface area contributed by atoms with Crippen molar-refractivity contribution in [2.75, 3.05) is 0 Å². The molecule has 0 aliphatic rings. The molecule has 0 aromatic carbocycles. The molecule has 0 aliphatic carbocycles. The molecule has 0 aromatic rings. The molecule has 2 radical (unpaired) electrons. The van der Waals surface area contributed by atoms with E-state index in [1.807, 2.05) is 0 Å². The van der Waals surface area contributed by atoms with Gasteiger partial charge in [-0.1, -0.05) is 0 Å². The van der Waals surface area contributed by atoms with Gasteiger partial charge in [-0.2, -0.15) is 0 Å². The predicted octanol–water partition coefficient (Wildman–Crippen LogP) is -3.38. The fourth-order valence-electron chi connectivity index (χ4n) is 0. The van der Waals surface area contributed by atoms with Gasteiger partial charge >= 0.3 is 29.4 Å². The maximum atomic E-state index is 8.59. The van der Waals surface area contributed by atoms with Crippen molar-refractivity contribution in [2.45, 2.75) is 0 Å². The van der Waals surface area contributed by atoms with Crippen molar-refractivity contribution in [3.05, 3.63) is 0 Å². The number of rotatable bonds is 0. The zero-order valence-electron chi connectivity index (χ0n) is 2.45. The van der Waals surface area contributed by atoms with Crippen LogP contribution in [0, 0.1) is 0 Å². The molecule has 0 amide bonds. The van der Waals surface area contributed by atoms with Crippen LogP contribution < -0.4 is 8.38 Å². The van der Waals surface area contributed by atoms with E-state index in [4.69, 9.17) is 16.0 Å². The molecule has 0 unspecified atom stereocenters. The van der Waals surface area contributed by atoms with Gasteiger partial charge in [0.2, 0.25) is 0 Å². The van der Waals surface area contributed by atoms with Gasteiger partial charge in [-0.05, 0) is 0 Å². The third kappa shape index (κ3) is 87.3. The molecule has 0 aliphatic heterocycles. The molecule has 0 atom stereocenters. The van der Waals surface area contributed by atoms with Gasteiger partial charge in [0.15, 0.2) is 0 Å². The maximum absolute atomic E-state index is 8.59. The molecule has 0 rings (SSSR count). The van der Waals surface area contributed by atoms with Crippen molar-refractivity contribution in [1.82, 2.24) is 0 Å². The van der Waals surface area contributed by atoms with Crippen LogP contribution in [0.4, 0.5) is 0 Å². The van der Waals surface area contributed by atoms with E-state index in [1.54, 1.807) is 0 Å². The summed E-state index contributed by atoms with van der Waals surface area (Å²) in [5.74, 6) is 0. The van der Waals surface area contributed by atoms with Crippen LogP contribution in [0.15, 0.2) is 0 Å². The summed E-state index contributed by atoms with van der Waals surface area (Å²) >= 11 is -5.75. The van der Waals surface area contributed by atoms with Crippen LogP contribution >= 0.6 is 0 Å². The molecule has 6 heteroatoms. The summed E-state index contributed by atoms with van der Waals surface area (Å²) < 4.78 is 34.4. The second-order valence-corrected chi connectivity index (χ2v) is 2.12. The molecule has 0 N–H and O–H groups in total. The largest absolute Gasteiger partial charge is 0 e. The van der Waals surface area contributed by atoms with Crippen molar-refractivity contribution in [1.29, 1.82) is 0 Å². The van der Waals surface area contributed by atoms with Crippen LogP contribution in [0.25, 0.3) is 0 Å². The maximum Gasteiger partial charge on any atom is 0 e. The Bertz CT molecular complexity index is 90.7. The van der Waals surface area contributed by atoms with Crippen LogP contribution in [-0.2, 0) is 7.67 Å². The van der Waals surface area contributed by atoms with Gasteiger partial charge in [-0.15, -0.1) is 0 Å². The van der Waals surface area contributed by atoms with Crippen LogP contribution in [0.1, 0.15) is 0 Å². The number of hydrogen-bond acceptors (Lipinski definition) is 4. The van der Waals surface area contributed by atoms with Crippen molar-refractivity contribution in [3.8, 4) is 0 Å². The Morgan fingerprint density at radius 3 is 1.17 bits per heavy atom. The summed E-state index contributed by atoms with van der Waals surface area (Å²) in [7, 11) is 0. The smallest absolute Gasteiger partial charge is 0 e. The number of hydrogen-bond donors (Lipinski definition) is 0. The van der Waals surface area contributed by atoms with Crippen LogP contribution in [0.3, 0.4) is 0 Å². The third-order valence-electron chi connectivity index (χ3n) is 0. The summed E-state index contributed by atoms with van der Waals surface area (Å²) in [6.07, 6.45) is 0. The minimum atomic E-state index is -5.75. The first-order chi connectivity index (χ1) is 2.00. The summed E-state index contributed by atoms with van der Waals surface area (Å²) in [4.78, 5) is 0. The van der Waals surface area contributed by atoms with Gasteiger partial charge in [0.05, 0.1) is 0 Å². The van der Waals surface area contributed by atoms with E-state index in [0.29, 0.717) is 0 Å². The van der Waals surface area contributed by atoms with Gasteiger partial charge in [0.1, 0.15) is 0 Å². The topological polar surface area (TPSA) is 80.3 Å². The second-order valence-electron chi connectivity index (χ2n) is 0.408. The first-order valence-corrected chi connectivity index (χ1v) is 3.46. The molecular formula is O4PoSe-2. The Hall–Kier alpha value is 0.936. The molecule has 0 aromatic heterocycles. The molecule has 0 spiro atoms. The van der Waals surface area contributed by atoms with E-state index in [2.05, 4.69) is 0 Å². The molecular weight excluding hydrogens is 352 g/mol. The van der Waals surface area contributed by atoms with Crippen LogP contribution in [0.2, 0.25) is 0 Å². The third-order valence-corrected chi connectivity index (χ3v) is 0. The summed E-state index contributed by atoms with van der Waals surface area (Å²) in [5.41, 5.74) is 0. The Balaban J connectivity index is 0. The molecule has 0 saturated heterocycles. The zero-order chi connectivity index (χ0) is 4.50. The van der Waals surface area contributed by atoms with Gasteiger partial charge in [-0.25, -0.2) is 0 Å². The monoisotopic (exact) mass is 353 g/mol. The Kier molecular flexibility index (Phi) is 5.03. The summed E-state index contributed by atoms with van der Waals surface area (Å²) in [6, 6.07) is 0. The molecule has 6 heavy (non-hydrogen) atoms. The summed E-state index contributed by atoms with van der Waals surface area (Å²) in [5, 5.41) is 0. The normalized spacial score (nSPS) is 9.67. The van der Waals surface area contributed by atoms with E-state index in [0.717, 1.165) is 0 Å². The van der Waals surface area contributed by atoms with Crippen LogP contribution in [0.5, 0.6) is 0 Å². The molecule has 0 saturated carbocycles. The Morgan fingerprint density at radius 2 is 1.17 bits per heavy atom. The second kappa shape index (κ2) is 3.01. The first kappa shape index (κ1) is 10.0. The molecule has 38 valence electrons. The van der Waals surface area contributed by atoms with Crippen molar-refractivity contribution in [2.24, 2.45) is 0 Å². The van der Waals surface area contributed by atoms with E-state index < -0.39 is 13.4 Å². The van der Waals surface area contributed by atoms with E-state index >= 15 is 0 Å². The molecule has 0 heterocycles. The van der Waals surface area contributed by atoms with Crippen molar-refractivity contribution >= 4 is 39.9 Å². The quantitative estimate of drug-likeness (QED) is 0.427. The first-order valence-electron chi connectivity index (χ1n) is 0.667. The zero-order valence-corrected chi connectivity index (χ0v) is 7.34. The molecule has 4 nitrogen and oxygen atoms in total. The van der Waals surface area contributed by atoms with Gasteiger partial charge < -0.3 is 0 Å². The average molecular weight is 352 g/mol. The van der Waals surface area contributed by atoms with E-state index in [1.165, 1.54) is 0 Å². The Labute approximate surface area is 55.9 Å². The predicted molar refractivity (Wildman–Crippen MR) is 12.9 cm³/mol. The molecule has 0 bridgehead atoms. The van der Waals surface area contributed by atoms with E-state index in [-0.39, 0.29) is 26.6 Å². The average Bonchev–Trinajstić information content (AvgIpc) is 0.722. The summed E-state index contributed by atoms with van der Waals surface area (Å²) in [6.45, 7) is 0. The fourth-order valence-corrected chi connectivity index (χ4v) is 0.